The largest absolute Gasteiger partial charge is 0.369 e. The quantitative estimate of drug-likeness (QED) is 0.698. The van der Waals surface area contributed by atoms with Crippen LogP contribution in [0.25, 0.3) is 5.78 Å². The maximum atomic E-state index is 5.89. The van der Waals surface area contributed by atoms with E-state index in [1.807, 2.05) is 0 Å². The van der Waals surface area contributed by atoms with Gasteiger partial charge in [-0.3, -0.25) is 0 Å². The van der Waals surface area contributed by atoms with Crippen LogP contribution in [0.2, 0.25) is 5.15 Å². The minimum Gasteiger partial charge on any atom is -0.369 e. The van der Waals surface area contributed by atoms with Gasteiger partial charge in [0.1, 0.15) is 17.3 Å². The normalized spacial score (nSPS) is 10.9. The average Bonchev–Trinajstić information content (AvgIpc) is 2.98. The second-order valence-electron chi connectivity index (χ2n) is 3.46. The van der Waals surface area contributed by atoms with Crippen LogP contribution in [-0.2, 0) is 6.42 Å². The van der Waals surface area contributed by atoms with Gasteiger partial charge in [0.15, 0.2) is 5.82 Å². The smallest absolute Gasteiger partial charge is 0.255 e. The minimum absolute atomic E-state index is 0.359. The van der Waals surface area contributed by atoms with Crippen molar-refractivity contribution in [3.8, 4) is 0 Å². The zero-order valence-corrected chi connectivity index (χ0v) is 9.87. The molecule has 0 radical (unpaired) electrons. The van der Waals surface area contributed by atoms with Crippen LogP contribution >= 0.6 is 11.6 Å². The Morgan fingerprint density at radius 2 is 2.33 bits per heavy atom. The molecule has 0 saturated carbocycles. The van der Waals surface area contributed by atoms with E-state index in [4.69, 9.17) is 11.6 Å². The molecule has 0 atom stereocenters. The molecule has 18 heavy (non-hydrogen) atoms. The van der Waals surface area contributed by atoms with Crippen LogP contribution < -0.4 is 5.32 Å². The summed E-state index contributed by atoms with van der Waals surface area (Å²) in [5, 5.41) is 11.3. The number of halogens is 1. The molecule has 1 N–H and O–H groups in total. The number of rotatable bonds is 4. The van der Waals surface area contributed by atoms with Crippen LogP contribution in [0.4, 0.5) is 5.82 Å². The van der Waals surface area contributed by atoms with E-state index in [9.17, 15) is 0 Å². The molecular weight excluding hydrogens is 258 g/mol. The third-order valence-corrected chi connectivity index (χ3v) is 2.48. The van der Waals surface area contributed by atoms with E-state index >= 15 is 0 Å². The Bertz CT molecular complexity index is 650. The first-order chi connectivity index (χ1) is 8.83. The van der Waals surface area contributed by atoms with Gasteiger partial charge in [-0.05, 0) is 0 Å². The molecule has 0 fully saturated rings. The molecule has 0 bridgehead atoms. The Labute approximate surface area is 106 Å². The van der Waals surface area contributed by atoms with Gasteiger partial charge in [-0.15, -0.1) is 0 Å². The summed E-state index contributed by atoms with van der Waals surface area (Å²) >= 11 is 5.89. The van der Waals surface area contributed by atoms with Crippen molar-refractivity contribution < 1.29 is 4.52 Å². The van der Waals surface area contributed by atoms with Gasteiger partial charge < -0.3 is 9.84 Å². The molecule has 3 rings (SSSR count). The molecule has 9 heteroatoms. The molecule has 8 nitrogen and oxygen atoms in total. The van der Waals surface area contributed by atoms with Crippen LogP contribution in [0.5, 0.6) is 0 Å². The van der Waals surface area contributed by atoms with Crippen molar-refractivity contribution in [2.75, 3.05) is 11.9 Å². The zero-order valence-electron chi connectivity index (χ0n) is 9.12. The van der Waals surface area contributed by atoms with Crippen LogP contribution in [0, 0.1) is 0 Å². The van der Waals surface area contributed by atoms with Crippen LogP contribution in [0.15, 0.2) is 23.3 Å². The monoisotopic (exact) mass is 265 g/mol. The number of hydrogen-bond acceptors (Lipinski definition) is 7. The molecule has 92 valence electrons. The number of nitrogens with zero attached hydrogens (tertiary/aromatic N) is 6. The predicted molar refractivity (Wildman–Crippen MR) is 62.3 cm³/mol. The van der Waals surface area contributed by atoms with Crippen LogP contribution in [-0.4, -0.2) is 36.3 Å². The molecule has 0 saturated heterocycles. The van der Waals surface area contributed by atoms with E-state index in [1.165, 1.54) is 12.7 Å². The molecule has 0 aliphatic rings. The first kappa shape index (κ1) is 10.9. The Balaban J connectivity index is 1.75. The molecule has 0 aliphatic carbocycles. The highest BCUT2D eigenvalue weighted by Crippen LogP contribution is 2.14. The summed E-state index contributed by atoms with van der Waals surface area (Å²) in [5.74, 6) is 1.80. The van der Waals surface area contributed by atoms with E-state index in [0.717, 1.165) is 0 Å². The van der Waals surface area contributed by atoms with Gasteiger partial charge in [0.05, 0.1) is 0 Å². The van der Waals surface area contributed by atoms with Crippen molar-refractivity contribution in [1.29, 1.82) is 0 Å². The summed E-state index contributed by atoms with van der Waals surface area (Å²) in [6, 6.07) is 1.68. The Kier molecular flexibility index (Phi) is 2.77. The van der Waals surface area contributed by atoms with Crippen LogP contribution in [0.1, 0.15) is 5.82 Å². The first-order valence-corrected chi connectivity index (χ1v) is 5.56. The standard InChI is InChI=1S/C9H8ClN7O/c10-6-3-8(17-9(15-6)12-4-14-17)11-2-1-7-13-5-18-16-7/h3-5,11H,1-2H2. The summed E-state index contributed by atoms with van der Waals surface area (Å²) in [7, 11) is 0. The van der Waals surface area contributed by atoms with E-state index < -0.39 is 0 Å². The highest BCUT2D eigenvalue weighted by atomic mass is 35.5. The topological polar surface area (TPSA) is 94.0 Å². The third-order valence-electron chi connectivity index (χ3n) is 2.28. The zero-order chi connectivity index (χ0) is 12.4. The minimum atomic E-state index is 0.359. The fraction of sp³-hybridized carbons (Fsp3) is 0.222. The number of anilines is 1. The van der Waals surface area contributed by atoms with Crippen molar-refractivity contribution in [3.63, 3.8) is 0 Å². The highest BCUT2D eigenvalue weighted by Gasteiger charge is 2.06. The maximum Gasteiger partial charge on any atom is 0.255 e. The van der Waals surface area contributed by atoms with Gasteiger partial charge in [-0.1, -0.05) is 16.8 Å². The lowest BCUT2D eigenvalue weighted by Crippen LogP contribution is -2.10. The summed E-state index contributed by atoms with van der Waals surface area (Å²) in [6.07, 6.45) is 3.35. The van der Waals surface area contributed by atoms with Gasteiger partial charge in [-0.25, -0.2) is 0 Å². The summed E-state index contributed by atoms with van der Waals surface area (Å²) in [4.78, 5) is 11.9. The fourth-order valence-corrected chi connectivity index (χ4v) is 1.69. The summed E-state index contributed by atoms with van der Waals surface area (Å²) < 4.78 is 6.22. The first-order valence-electron chi connectivity index (χ1n) is 5.18. The number of hydrogen-bond donors (Lipinski definition) is 1. The molecule has 0 spiro atoms. The van der Waals surface area contributed by atoms with Gasteiger partial charge in [-0.2, -0.15) is 24.6 Å². The summed E-state index contributed by atoms with van der Waals surface area (Å²) in [6.45, 7) is 0.620. The lowest BCUT2D eigenvalue weighted by Gasteiger charge is -2.06. The molecule has 0 aromatic carbocycles. The van der Waals surface area contributed by atoms with Crippen LogP contribution in [0.3, 0.4) is 0 Å². The van der Waals surface area contributed by atoms with Crippen molar-refractivity contribution in [3.05, 3.63) is 29.8 Å². The Hall–Kier alpha value is -2.22. The highest BCUT2D eigenvalue weighted by molar-refractivity contribution is 6.29. The van der Waals surface area contributed by atoms with Gasteiger partial charge in [0.25, 0.3) is 5.78 Å². The molecular formula is C9H8ClN7O. The SMILES string of the molecule is Clc1cc(NCCc2ncon2)n2ncnc2n1. The number of fused-ring (bicyclic) bond motifs is 1. The molecule has 0 aliphatic heterocycles. The van der Waals surface area contributed by atoms with E-state index in [1.54, 1.807) is 10.6 Å². The lowest BCUT2D eigenvalue weighted by molar-refractivity contribution is 0.410. The molecule has 3 aromatic heterocycles. The Morgan fingerprint density at radius 3 is 3.17 bits per heavy atom. The van der Waals surface area contributed by atoms with Gasteiger partial charge >= 0.3 is 0 Å². The molecule has 3 aromatic rings. The predicted octanol–water partition coefficient (Wildman–Crippen LogP) is 0.815. The molecule has 0 unspecified atom stereocenters. The lowest BCUT2D eigenvalue weighted by atomic mass is 10.4. The number of nitrogens with one attached hydrogen (secondary N) is 1. The second-order valence-corrected chi connectivity index (χ2v) is 3.85. The van der Waals surface area contributed by atoms with E-state index in [0.29, 0.717) is 35.5 Å². The number of aromatic nitrogens is 6. The van der Waals surface area contributed by atoms with Crippen molar-refractivity contribution in [2.24, 2.45) is 0 Å². The van der Waals surface area contributed by atoms with E-state index in [2.05, 4.69) is 35.0 Å². The fourth-order valence-electron chi connectivity index (χ4n) is 1.51. The Morgan fingerprint density at radius 1 is 1.39 bits per heavy atom. The average molecular weight is 266 g/mol. The summed E-state index contributed by atoms with van der Waals surface area (Å²) in [5.41, 5.74) is 0. The van der Waals surface area contributed by atoms with E-state index in [-0.39, 0.29) is 0 Å². The molecule has 0 amide bonds. The molecule has 3 heterocycles. The van der Waals surface area contributed by atoms with Gasteiger partial charge in [0, 0.05) is 19.0 Å². The third kappa shape index (κ3) is 2.09. The van der Waals surface area contributed by atoms with Crippen molar-refractivity contribution >= 4 is 23.2 Å². The second kappa shape index (κ2) is 4.57. The maximum absolute atomic E-state index is 5.89. The van der Waals surface area contributed by atoms with Crippen molar-refractivity contribution in [1.82, 2.24) is 29.7 Å². The van der Waals surface area contributed by atoms with Crippen molar-refractivity contribution in [2.45, 2.75) is 6.42 Å². The van der Waals surface area contributed by atoms with Gasteiger partial charge in [0.2, 0.25) is 6.39 Å².